The lowest BCUT2D eigenvalue weighted by molar-refractivity contribution is 0.0600. The van der Waals surface area contributed by atoms with Gasteiger partial charge in [0.2, 0.25) is 0 Å². The number of likely N-dealkylation sites (N-methyl/N-ethyl adjacent to an activating group) is 1. The van der Waals surface area contributed by atoms with Crippen LogP contribution in [0.1, 0.15) is 51.9 Å². The van der Waals surface area contributed by atoms with E-state index in [1.54, 1.807) is 11.4 Å². The maximum absolute atomic E-state index is 12.7. The van der Waals surface area contributed by atoms with Crippen molar-refractivity contribution in [3.63, 3.8) is 0 Å². The van der Waals surface area contributed by atoms with E-state index < -0.39 is 16.3 Å². The minimum atomic E-state index is -3.44. The lowest BCUT2D eigenvalue weighted by atomic mass is 9.93. The van der Waals surface area contributed by atoms with E-state index in [-0.39, 0.29) is 12.1 Å². The second-order valence-electron chi connectivity index (χ2n) is 5.90. The third-order valence-corrected chi connectivity index (χ3v) is 6.70. The molecule has 3 unspecified atom stereocenters. The molecular weight excluding hydrogens is 264 g/mol. The predicted molar refractivity (Wildman–Crippen MR) is 75.0 cm³/mol. The first kappa shape index (κ1) is 15.2. The van der Waals surface area contributed by atoms with E-state index in [2.05, 4.69) is 0 Å². The van der Waals surface area contributed by atoms with E-state index in [1.165, 1.54) is 4.31 Å². The summed E-state index contributed by atoms with van der Waals surface area (Å²) in [5, 5.41) is 10.0. The molecule has 1 aliphatic heterocycles. The Bertz CT molecular complexity index is 399. The summed E-state index contributed by atoms with van der Waals surface area (Å²) in [5.74, 6) is 0. The fourth-order valence-corrected chi connectivity index (χ4v) is 5.11. The normalized spacial score (nSPS) is 34.6. The maximum atomic E-state index is 12.7. The molecule has 1 heterocycles. The van der Waals surface area contributed by atoms with Crippen LogP contribution in [0.15, 0.2) is 0 Å². The van der Waals surface area contributed by atoms with Crippen molar-refractivity contribution in [2.75, 3.05) is 13.6 Å². The van der Waals surface area contributed by atoms with Crippen LogP contribution < -0.4 is 0 Å². The van der Waals surface area contributed by atoms with Gasteiger partial charge in [-0.2, -0.15) is 17.0 Å². The van der Waals surface area contributed by atoms with Crippen LogP contribution in [0.4, 0.5) is 0 Å². The Labute approximate surface area is 116 Å². The standard InChI is InChI=1S/C13H26N2O3S/c1-11-7-5-6-10-15(11)19(17,18)14(2)12-8-3-4-9-13(12)16/h11-13,16H,3-10H2,1-2H3. The molecule has 0 amide bonds. The molecule has 2 aliphatic rings. The van der Waals surface area contributed by atoms with Crippen LogP contribution in [0.25, 0.3) is 0 Å². The molecule has 3 atom stereocenters. The Balaban J connectivity index is 2.13. The number of rotatable bonds is 3. The molecule has 5 nitrogen and oxygen atoms in total. The van der Waals surface area contributed by atoms with Gasteiger partial charge >= 0.3 is 0 Å². The summed E-state index contributed by atoms with van der Waals surface area (Å²) in [6, 6.07) is -0.185. The van der Waals surface area contributed by atoms with Gasteiger partial charge in [-0.05, 0) is 32.6 Å². The minimum Gasteiger partial charge on any atom is -0.391 e. The fraction of sp³-hybridized carbons (Fsp3) is 1.00. The Morgan fingerprint density at radius 2 is 1.74 bits per heavy atom. The molecule has 0 aromatic carbocycles. The summed E-state index contributed by atoms with van der Waals surface area (Å²) >= 11 is 0. The van der Waals surface area contributed by atoms with Gasteiger partial charge in [0.15, 0.2) is 0 Å². The Hall–Kier alpha value is -0.170. The number of hydrogen-bond acceptors (Lipinski definition) is 3. The van der Waals surface area contributed by atoms with E-state index in [0.717, 1.165) is 38.5 Å². The fourth-order valence-electron chi connectivity index (χ4n) is 3.27. The highest BCUT2D eigenvalue weighted by Gasteiger charge is 2.38. The molecule has 6 heteroatoms. The number of nitrogens with zero attached hydrogens (tertiary/aromatic N) is 2. The van der Waals surface area contributed by atoms with Gasteiger partial charge in [0.1, 0.15) is 0 Å². The van der Waals surface area contributed by atoms with Crippen molar-refractivity contribution in [2.24, 2.45) is 0 Å². The highest BCUT2D eigenvalue weighted by Crippen LogP contribution is 2.28. The molecule has 112 valence electrons. The summed E-state index contributed by atoms with van der Waals surface area (Å²) < 4.78 is 28.4. The average Bonchev–Trinajstić information content (AvgIpc) is 2.39. The molecule has 0 aromatic rings. The quantitative estimate of drug-likeness (QED) is 0.853. The van der Waals surface area contributed by atoms with E-state index in [9.17, 15) is 13.5 Å². The molecular formula is C13H26N2O3S. The number of aliphatic hydroxyl groups excluding tert-OH is 1. The lowest BCUT2D eigenvalue weighted by Crippen LogP contribution is -2.54. The second-order valence-corrected chi connectivity index (χ2v) is 7.84. The number of hydrogen-bond donors (Lipinski definition) is 1. The summed E-state index contributed by atoms with van der Waals surface area (Å²) in [7, 11) is -1.82. The van der Waals surface area contributed by atoms with Crippen LogP contribution in [0, 0.1) is 0 Å². The first-order chi connectivity index (χ1) is 8.94. The van der Waals surface area contributed by atoms with Gasteiger partial charge in [-0.3, -0.25) is 0 Å². The van der Waals surface area contributed by atoms with E-state index >= 15 is 0 Å². The zero-order valence-corrected chi connectivity index (χ0v) is 12.8. The summed E-state index contributed by atoms with van der Waals surface area (Å²) in [5.41, 5.74) is 0. The Morgan fingerprint density at radius 3 is 2.37 bits per heavy atom. The van der Waals surface area contributed by atoms with Crippen LogP contribution in [-0.2, 0) is 10.2 Å². The van der Waals surface area contributed by atoms with Crippen molar-refractivity contribution in [1.29, 1.82) is 0 Å². The molecule has 1 saturated carbocycles. The van der Waals surface area contributed by atoms with Crippen LogP contribution in [0.3, 0.4) is 0 Å². The molecule has 0 radical (unpaired) electrons. The predicted octanol–water partition coefficient (Wildman–Crippen LogP) is 1.34. The van der Waals surface area contributed by atoms with Gasteiger partial charge in [0.05, 0.1) is 12.1 Å². The van der Waals surface area contributed by atoms with E-state index in [0.29, 0.717) is 13.0 Å². The molecule has 0 bridgehead atoms. The van der Waals surface area contributed by atoms with Gasteiger partial charge in [-0.15, -0.1) is 0 Å². The average molecular weight is 290 g/mol. The van der Waals surface area contributed by atoms with Crippen molar-refractivity contribution in [1.82, 2.24) is 8.61 Å². The molecule has 0 spiro atoms. The number of piperidine rings is 1. The van der Waals surface area contributed by atoms with Gasteiger partial charge in [-0.25, -0.2) is 0 Å². The third-order valence-electron chi connectivity index (χ3n) is 4.56. The third kappa shape index (κ3) is 3.12. The summed E-state index contributed by atoms with van der Waals surface area (Å²) in [6.07, 6.45) is 5.91. The topological polar surface area (TPSA) is 60.9 Å². The van der Waals surface area contributed by atoms with Crippen molar-refractivity contribution < 1.29 is 13.5 Å². The van der Waals surface area contributed by atoms with Crippen LogP contribution >= 0.6 is 0 Å². The second kappa shape index (κ2) is 6.08. The van der Waals surface area contributed by atoms with E-state index in [4.69, 9.17) is 0 Å². The van der Waals surface area contributed by atoms with Crippen molar-refractivity contribution >= 4 is 10.2 Å². The largest absolute Gasteiger partial charge is 0.391 e. The SMILES string of the molecule is CC1CCCCN1S(=O)(=O)N(C)C1CCCCC1O. The highest BCUT2D eigenvalue weighted by atomic mass is 32.2. The van der Waals surface area contributed by atoms with Crippen molar-refractivity contribution in [2.45, 2.75) is 70.1 Å². The molecule has 2 fully saturated rings. The van der Waals surface area contributed by atoms with Gasteiger partial charge < -0.3 is 5.11 Å². The first-order valence-corrected chi connectivity index (χ1v) is 8.77. The van der Waals surface area contributed by atoms with Crippen LogP contribution in [0.5, 0.6) is 0 Å². The first-order valence-electron chi connectivity index (χ1n) is 7.37. The molecule has 19 heavy (non-hydrogen) atoms. The van der Waals surface area contributed by atoms with Crippen LogP contribution in [-0.4, -0.2) is 53.9 Å². The van der Waals surface area contributed by atoms with Crippen molar-refractivity contribution in [3.05, 3.63) is 0 Å². The smallest absolute Gasteiger partial charge is 0.282 e. The lowest BCUT2D eigenvalue weighted by Gasteiger charge is -2.40. The molecule has 0 aromatic heterocycles. The zero-order chi connectivity index (χ0) is 14.0. The van der Waals surface area contributed by atoms with Gasteiger partial charge in [0.25, 0.3) is 10.2 Å². The van der Waals surface area contributed by atoms with Gasteiger partial charge in [0, 0.05) is 19.6 Å². The summed E-state index contributed by atoms with van der Waals surface area (Å²) in [6.45, 7) is 2.58. The zero-order valence-electron chi connectivity index (χ0n) is 12.0. The van der Waals surface area contributed by atoms with E-state index in [1.807, 2.05) is 6.92 Å². The molecule has 1 N–H and O–H groups in total. The number of aliphatic hydroxyl groups is 1. The highest BCUT2D eigenvalue weighted by molar-refractivity contribution is 7.86. The monoisotopic (exact) mass is 290 g/mol. The maximum Gasteiger partial charge on any atom is 0.282 e. The molecule has 1 aliphatic carbocycles. The van der Waals surface area contributed by atoms with Gasteiger partial charge in [-0.1, -0.05) is 19.3 Å². The Kier molecular flexibility index (Phi) is 4.87. The Morgan fingerprint density at radius 1 is 1.11 bits per heavy atom. The molecule has 1 saturated heterocycles. The van der Waals surface area contributed by atoms with Crippen molar-refractivity contribution in [3.8, 4) is 0 Å². The molecule has 2 rings (SSSR count). The van der Waals surface area contributed by atoms with Crippen LogP contribution in [0.2, 0.25) is 0 Å². The summed E-state index contributed by atoms with van der Waals surface area (Å²) in [4.78, 5) is 0. The minimum absolute atomic E-state index is 0.0712.